The Hall–Kier alpha value is -2.06. The zero-order valence-electron chi connectivity index (χ0n) is 14.5. The molecule has 0 aliphatic carbocycles. The molecule has 0 bridgehead atoms. The number of halogens is 6. The van der Waals surface area contributed by atoms with Crippen molar-refractivity contribution in [3.8, 4) is 0 Å². The molecule has 2 aromatic rings. The quantitative estimate of drug-likeness (QED) is 0.700. The number of alkyl halides is 6. The molecule has 2 N–H and O–H groups in total. The SMILES string of the molecule is C[C@](O)(C[C@](C)(O)c1cccc(C(F)(F)F)c1)c1cccc(C(F)(F)F)c1. The first kappa shape index (κ1) is 21.2. The van der Waals surface area contributed by atoms with E-state index in [4.69, 9.17) is 0 Å². The van der Waals surface area contributed by atoms with Gasteiger partial charge in [-0.1, -0.05) is 24.3 Å². The minimum atomic E-state index is -4.62. The topological polar surface area (TPSA) is 40.5 Å². The standard InChI is InChI=1S/C19H18F6O2/c1-16(26,12-5-3-7-14(9-12)18(20,21)22)11-17(2,27)13-6-4-8-15(10-13)19(23,24)25/h3-10,26-27H,11H2,1-2H3/t16-,17-/m0/s1. The Morgan fingerprint density at radius 2 is 0.926 bits per heavy atom. The van der Waals surface area contributed by atoms with E-state index in [9.17, 15) is 36.6 Å². The molecule has 2 aromatic carbocycles. The van der Waals surface area contributed by atoms with Gasteiger partial charge < -0.3 is 10.2 Å². The van der Waals surface area contributed by atoms with Crippen LogP contribution in [0.5, 0.6) is 0 Å². The molecule has 0 aliphatic heterocycles. The van der Waals surface area contributed by atoms with Gasteiger partial charge in [-0.15, -0.1) is 0 Å². The second-order valence-corrected chi connectivity index (χ2v) is 6.88. The fourth-order valence-corrected chi connectivity index (χ4v) is 2.94. The van der Waals surface area contributed by atoms with Gasteiger partial charge in [0.25, 0.3) is 0 Å². The molecule has 2 nitrogen and oxygen atoms in total. The Bertz CT molecular complexity index is 739. The van der Waals surface area contributed by atoms with Crippen molar-refractivity contribution >= 4 is 0 Å². The van der Waals surface area contributed by atoms with E-state index in [1.807, 2.05) is 0 Å². The molecular weight excluding hydrogens is 374 g/mol. The highest BCUT2D eigenvalue weighted by atomic mass is 19.4. The van der Waals surface area contributed by atoms with E-state index in [0.717, 1.165) is 36.4 Å². The second-order valence-electron chi connectivity index (χ2n) is 6.88. The molecule has 0 unspecified atom stereocenters. The minimum Gasteiger partial charge on any atom is -0.385 e. The van der Waals surface area contributed by atoms with Gasteiger partial charge in [0.15, 0.2) is 0 Å². The third kappa shape index (κ3) is 5.01. The molecule has 0 aliphatic rings. The van der Waals surface area contributed by atoms with Crippen LogP contribution in [0, 0.1) is 0 Å². The Morgan fingerprint density at radius 1 is 0.630 bits per heavy atom. The molecule has 0 spiro atoms. The largest absolute Gasteiger partial charge is 0.416 e. The molecule has 27 heavy (non-hydrogen) atoms. The molecule has 0 saturated heterocycles. The van der Waals surface area contributed by atoms with E-state index in [-0.39, 0.29) is 11.1 Å². The molecule has 0 aromatic heterocycles. The summed E-state index contributed by atoms with van der Waals surface area (Å²) in [4.78, 5) is 0. The zero-order chi connectivity index (χ0) is 20.7. The number of rotatable bonds is 4. The van der Waals surface area contributed by atoms with Crippen LogP contribution >= 0.6 is 0 Å². The summed E-state index contributed by atoms with van der Waals surface area (Å²) in [6.45, 7) is 2.40. The first-order valence-corrected chi connectivity index (χ1v) is 7.93. The van der Waals surface area contributed by atoms with Crippen LogP contribution in [-0.2, 0) is 23.6 Å². The van der Waals surface area contributed by atoms with Crippen molar-refractivity contribution < 1.29 is 36.6 Å². The molecule has 148 valence electrons. The summed E-state index contributed by atoms with van der Waals surface area (Å²) in [7, 11) is 0. The van der Waals surface area contributed by atoms with Crippen molar-refractivity contribution in [2.24, 2.45) is 0 Å². The normalized spacial score (nSPS) is 17.3. The van der Waals surface area contributed by atoms with Gasteiger partial charge in [-0.3, -0.25) is 0 Å². The van der Waals surface area contributed by atoms with E-state index >= 15 is 0 Å². The summed E-state index contributed by atoms with van der Waals surface area (Å²) < 4.78 is 77.3. The van der Waals surface area contributed by atoms with Gasteiger partial charge in [0.05, 0.1) is 22.3 Å². The monoisotopic (exact) mass is 392 g/mol. The van der Waals surface area contributed by atoms with Gasteiger partial charge >= 0.3 is 12.4 Å². The van der Waals surface area contributed by atoms with Crippen LogP contribution in [-0.4, -0.2) is 10.2 Å². The average Bonchev–Trinajstić information content (AvgIpc) is 2.52. The van der Waals surface area contributed by atoms with Crippen LogP contribution in [0.1, 0.15) is 42.5 Å². The maximum Gasteiger partial charge on any atom is 0.416 e. The lowest BCUT2D eigenvalue weighted by Crippen LogP contribution is -2.34. The van der Waals surface area contributed by atoms with E-state index in [0.29, 0.717) is 0 Å². The van der Waals surface area contributed by atoms with Gasteiger partial charge in [-0.05, 0) is 49.2 Å². The van der Waals surface area contributed by atoms with Crippen molar-refractivity contribution in [1.82, 2.24) is 0 Å². The predicted molar refractivity (Wildman–Crippen MR) is 86.6 cm³/mol. The third-order valence-electron chi connectivity index (χ3n) is 4.31. The maximum atomic E-state index is 12.9. The Kier molecular flexibility index (Phi) is 5.38. The van der Waals surface area contributed by atoms with E-state index in [2.05, 4.69) is 0 Å². The summed E-state index contributed by atoms with van der Waals surface area (Å²) in [5, 5.41) is 21.3. The van der Waals surface area contributed by atoms with Crippen molar-refractivity contribution in [2.45, 2.75) is 43.8 Å². The summed E-state index contributed by atoms with van der Waals surface area (Å²) >= 11 is 0. The van der Waals surface area contributed by atoms with Crippen LogP contribution < -0.4 is 0 Å². The molecule has 0 heterocycles. The van der Waals surface area contributed by atoms with E-state index in [1.54, 1.807) is 0 Å². The minimum absolute atomic E-state index is 0.107. The zero-order valence-corrected chi connectivity index (χ0v) is 14.5. The van der Waals surface area contributed by atoms with Crippen LogP contribution in [0.2, 0.25) is 0 Å². The molecule has 0 saturated carbocycles. The summed E-state index contributed by atoms with van der Waals surface area (Å²) in [5.41, 5.74) is -6.00. The Balaban J connectivity index is 2.36. The van der Waals surface area contributed by atoms with Gasteiger partial charge in [-0.2, -0.15) is 26.3 Å². The fourth-order valence-electron chi connectivity index (χ4n) is 2.94. The molecule has 0 radical (unpaired) electrons. The van der Waals surface area contributed by atoms with Crippen molar-refractivity contribution in [3.05, 3.63) is 70.8 Å². The maximum absolute atomic E-state index is 12.9. The number of hydrogen-bond donors (Lipinski definition) is 2. The second kappa shape index (κ2) is 6.83. The van der Waals surface area contributed by atoms with Gasteiger partial charge in [0, 0.05) is 6.42 Å². The average molecular weight is 392 g/mol. The molecule has 2 atom stereocenters. The van der Waals surface area contributed by atoms with E-state index < -0.39 is 41.1 Å². The van der Waals surface area contributed by atoms with Crippen LogP contribution in [0.3, 0.4) is 0 Å². The van der Waals surface area contributed by atoms with Crippen LogP contribution in [0.15, 0.2) is 48.5 Å². The Labute approximate surface area is 152 Å². The first-order valence-electron chi connectivity index (χ1n) is 7.93. The molecule has 0 fully saturated rings. The smallest absolute Gasteiger partial charge is 0.385 e. The number of benzene rings is 2. The lowest BCUT2D eigenvalue weighted by Gasteiger charge is -2.34. The highest BCUT2D eigenvalue weighted by Crippen LogP contribution is 2.39. The highest BCUT2D eigenvalue weighted by molar-refractivity contribution is 5.33. The molecule has 0 amide bonds. The number of hydrogen-bond acceptors (Lipinski definition) is 2. The molecule has 2 rings (SSSR count). The van der Waals surface area contributed by atoms with Crippen molar-refractivity contribution in [2.75, 3.05) is 0 Å². The van der Waals surface area contributed by atoms with Crippen molar-refractivity contribution in [1.29, 1.82) is 0 Å². The summed E-state index contributed by atoms with van der Waals surface area (Å²) in [6, 6.07) is 7.94. The fraction of sp³-hybridized carbons (Fsp3) is 0.368. The van der Waals surface area contributed by atoms with Crippen LogP contribution in [0.4, 0.5) is 26.3 Å². The first-order chi connectivity index (χ1) is 12.1. The van der Waals surface area contributed by atoms with Gasteiger partial charge in [-0.25, -0.2) is 0 Å². The van der Waals surface area contributed by atoms with Crippen LogP contribution in [0.25, 0.3) is 0 Å². The van der Waals surface area contributed by atoms with Gasteiger partial charge in [0.1, 0.15) is 0 Å². The number of aliphatic hydroxyl groups is 2. The van der Waals surface area contributed by atoms with E-state index in [1.165, 1.54) is 26.0 Å². The summed E-state index contributed by atoms with van der Waals surface area (Å²) in [5.74, 6) is 0. The van der Waals surface area contributed by atoms with Crippen molar-refractivity contribution in [3.63, 3.8) is 0 Å². The highest BCUT2D eigenvalue weighted by Gasteiger charge is 2.38. The Morgan fingerprint density at radius 3 is 1.22 bits per heavy atom. The predicted octanol–water partition coefficient (Wildman–Crippen LogP) is 5.23. The lowest BCUT2D eigenvalue weighted by molar-refractivity contribution is -0.138. The lowest BCUT2D eigenvalue weighted by atomic mass is 9.80. The molecule has 8 heteroatoms. The molecular formula is C19H18F6O2. The summed E-state index contributed by atoms with van der Waals surface area (Å²) in [6.07, 6.45) is -9.74. The third-order valence-corrected chi connectivity index (χ3v) is 4.31. The van der Waals surface area contributed by atoms with Gasteiger partial charge in [0.2, 0.25) is 0 Å².